The number of aliphatic carboxylic acids is 1. The molecule has 0 aliphatic heterocycles. The maximum atomic E-state index is 10.1. The van der Waals surface area contributed by atoms with E-state index in [-0.39, 0.29) is 6.61 Å². The summed E-state index contributed by atoms with van der Waals surface area (Å²) in [4.78, 5) is 10.1. The Morgan fingerprint density at radius 3 is 2.71 bits per heavy atom. The lowest BCUT2D eigenvalue weighted by molar-refractivity contribution is -0.142. The van der Waals surface area contributed by atoms with Gasteiger partial charge in [-0.05, 0) is 12.1 Å². The number of carboxylic acids is 1. The second kappa shape index (κ2) is 5.99. The summed E-state index contributed by atoms with van der Waals surface area (Å²) in [5.74, 6) is -0.940. The molecular weight excluding hydrogens is 182 g/mol. The minimum atomic E-state index is -0.940. The number of nitrogens with one attached hydrogen (secondary N) is 1. The van der Waals surface area contributed by atoms with Crippen LogP contribution in [-0.2, 0) is 9.53 Å². The van der Waals surface area contributed by atoms with Gasteiger partial charge in [0.2, 0.25) is 0 Å². The second-order valence-corrected chi connectivity index (χ2v) is 2.74. The fourth-order valence-corrected chi connectivity index (χ4v) is 0.983. The smallest absolute Gasteiger partial charge is 0.329 e. The van der Waals surface area contributed by atoms with E-state index in [1.54, 1.807) is 0 Å². The third-order valence-corrected chi connectivity index (χ3v) is 1.57. The van der Waals surface area contributed by atoms with Gasteiger partial charge >= 0.3 is 5.97 Å². The largest absolute Gasteiger partial charge is 0.480 e. The predicted molar refractivity (Wildman–Crippen MR) is 53.4 cm³/mol. The van der Waals surface area contributed by atoms with Gasteiger partial charge < -0.3 is 15.2 Å². The van der Waals surface area contributed by atoms with Gasteiger partial charge in [0, 0.05) is 12.2 Å². The van der Waals surface area contributed by atoms with E-state index in [2.05, 4.69) is 5.32 Å². The van der Waals surface area contributed by atoms with Gasteiger partial charge in [0.25, 0.3) is 0 Å². The highest BCUT2D eigenvalue weighted by Crippen LogP contribution is 2.03. The van der Waals surface area contributed by atoms with Crippen LogP contribution >= 0.6 is 0 Å². The first-order chi connectivity index (χ1) is 6.79. The first-order valence-corrected chi connectivity index (χ1v) is 4.37. The van der Waals surface area contributed by atoms with Crippen molar-refractivity contribution in [2.24, 2.45) is 0 Å². The van der Waals surface area contributed by atoms with Crippen molar-refractivity contribution in [3.8, 4) is 0 Å². The Balaban J connectivity index is 2.08. The van der Waals surface area contributed by atoms with Crippen LogP contribution in [0.25, 0.3) is 0 Å². The highest BCUT2D eigenvalue weighted by molar-refractivity contribution is 5.67. The molecular formula is C10H13NO3. The Hall–Kier alpha value is -1.55. The third-order valence-electron chi connectivity index (χ3n) is 1.57. The molecule has 0 saturated heterocycles. The molecule has 0 unspecified atom stereocenters. The van der Waals surface area contributed by atoms with Crippen LogP contribution in [-0.4, -0.2) is 30.8 Å². The number of ether oxygens (including phenoxy) is 1. The monoisotopic (exact) mass is 195 g/mol. The van der Waals surface area contributed by atoms with Gasteiger partial charge in [0.05, 0.1) is 6.61 Å². The van der Waals surface area contributed by atoms with E-state index in [9.17, 15) is 4.79 Å². The van der Waals surface area contributed by atoms with Crippen LogP contribution in [0.3, 0.4) is 0 Å². The number of carbonyl (C=O) groups is 1. The highest BCUT2D eigenvalue weighted by atomic mass is 16.5. The number of para-hydroxylation sites is 1. The predicted octanol–water partition coefficient (Wildman–Crippen LogP) is 1.20. The Bertz CT molecular complexity index is 274. The molecule has 0 bridgehead atoms. The molecule has 0 radical (unpaired) electrons. The molecule has 0 aliphatic carbocycles. The Kier molecular flexibility index (Phi) is 4.50. The molecule has 0 spiro atoms. The summed E-state index contributed by atoms with van der Waals surface area (Å²) in [6.07, 6.45) is 0. The van der Waals surface area contributed by atoms with E-state index in [1.807, 2.05) is 30.3 Å². The molecule has 1 rings (SSSR count). The van der Waals surface area contributed by atoms with Crippen LogP contribution in [0.4, 0.5) is 5.69 Å². The van der Waals surface area contributed by atoms with E-state index >= 15 is 0 Å². The maximum absolute atomic E-state index is 10.1. The molecule has 1 aromatic carbocycles. The molecule has 14 heavy (non-hydrogen) atoms. The molecule has 0 fully saturated rings. The van der Waals surface area contributed by atoms with Crippen LogP contribution in [0, 0.1) is 0 Å². The minimum absolute atomic E-state index is 0.240. The molecule has 0 saturated carbocycles. The molecule has 76 valence electrons. The van der Waals surface area contributed by atoms with Crippen LogP contribution in [0.1, 0.15) is 0 Å². The van der Waals surface area contributed by atoms with E-state index in [1.165, 1.54) is 0 Å². The number of benzene rings is 1. The summed E-state index contributed by atoms with van der Waals surface area (Å²) in [5, 5.41) is 11.4. The maximum Gasteiger partial charge on any atom is 0.329 e. The molecule has 0 aliphatic rings. The zero-order chi connectivity index (χ0) is 10.2. The zero-order valence-electron chi connectivity index (χ0n) is 7.77. The number of hydrogen-bond acceptors (Lipinski definition) is 3. The highest BCUT2D eigenvalue weighted by Gasteiger charge is 1.95. The van der Waals surface area contributed by atoms with Crippen LogP contribution < -0.4 is 5.32 Å². The van der Waals surface area contributed by atoms with Gasteiger partial charge in [-0.25, -0.2) is 4.79 Å². The Morgan fingerprint density at radius 1 is 1.36 bits per heavy atom. The van der Waals surface area contributed by atoms with Crippen molar-refractivity contribution in [3.05, 3.63) is 30.3 Å². The second-order valence-electron chi connectivity index (χ2n) is 2.74. The van der Waals surface area contributed by atoms with Gasteiger partial charge in [0.1, 0.15) is 6.61 Å². The molecule has 4 nitrogen and oxygen atoms in total. The van der Waals surface area contributed by atoms with Gasteiger partial charge in [-0.2, -0.15) is 0 Å². The lowest BCUT2D eigenvalue weighted by atomic mass is 10.3. The number of carboxylic acid groups (broad SMARTS) is 1. The molecule has 0 amide bonds. The molecule has 0 atom stereocenters. The number of anilines is 1. The quantitative estimate of drug-likeness (QED) is 0.669. The minimum Gasteiger partial charge on any atom is -0.480 e. The van der Waals surface area contributed by atoms with Crippen molar-refractivity contribution in [1.82, 2.24) is 0 Å². The lowest BCUT2D eigenvalue weighted by Gasteiger charge is -2.05. The van der Waals surface area contributed by atoms with Crippen molar-refractivity contribution in [1.29, 1.82) is 0 Å². The average Bonchev–Trinajstić information content (AvgIpc) is 2.18. The van der Waals surface area contributed by atoms with Crippen molar-refractivity contribution < 1.29 is 14.6 Å². The fraction of sp³-hybridized carbons (Fsp3) is 0.300. The summed E-state index contributed by atoms with van der Waals surface area (Å²) in [7, 11) is 0. The van der Waals surface area contributed by atoms with E-state index in [4.69, 9.17) is 9.84 Å². The molecule has 4 heteroatoms. The number of hydrogen-bond donors (Lipinski definition) is 2. The van der Waals surface area contributed by atoms with E-state index in [0.29, 0.717) is 13.2 Å². The molecule has 2 N–H and O–H groups in total. The normalized spacial score (nSPS) is 9.71. The SMILES string of the molecule is O=C(O)COCCNc1ccccc1. The number of rotatable bonds is 6. The standard InChI is InChI=1S/C10H13NO3/c12-10(13)8-14-7-6-11-9-4-2-1-3-5-9/h1-5,11H,6-8H2,(H,12,13). The summed E-state index contributed by atoms with van der Waals surface area (Å²) in [6.45, 7) is 0.759. The average molecular weight is 195 g/mol. The lowest BCUT2D eigenvalue weighted by Crippen LogP contribution is -2.13. The first kappa shape index (κ1) is 10.5. The third kappa shape index (κ3) is 4.47. The molecule has 0 heterocycles. The first-order valence-electron chi connectivity index (χ1n) is 4.37. The summed E-state index contributed by atoms with van der Waals surface area (Å²) < 4.78 is 4.85. The van der Waals surface area contributed by atoms with Crippen molar-refractivity contribution in [3.63, 3.8) is 0 Å². The van der Waals surface area contributed by atoms with Gasteiger partial charge in [0.15, 0.2) is 0 Å². The summed E-state index contributed by atoms with van der Waals surface area (Å²) in [5.41, 5.74) is 1.01. The fourth-order valence-electron chi connectivity index (χ4n) is 0.983. The van der Waals surface area contributed by atoms with Gasteiger partial charge in [-0.1, -0.05) is 18.2 Å². The van der Waals surface area contributed by atoms with Crippen molar-refractivity contribution in [2.75, 3.05) is 25.1 Å². The van der Waals surface area contributed by atoms with Crippen molar-refractivity contribution in [2.45, 2.75) is 0 Å². The van der Waals surface area contributed by atoms with Crippen LogP contribution in [0.2, 0.25) is 0 Å². The van der Waals surface area contributed by atoms with Crippen LogP contribution in [0.15, 0.2) is 30.3 Å². The Labute approximate surface area is 82.5 Å². The summed E-state index contributed by atoms with van der Waals surface area (Å²) >= 11 is 0. The van der Waals surface area contributed by atoms with Crippen LogP contribution in [0.5, 0.6) is 0 Å². The van der Waals surface area contributed by atoms with Gasteiger partial charge in [-0.15, -0.1) is 0 Å². The van der Waals surface area contributed by atoms with E-state index in [0.717, 1.165) is 5.69 Å². The zero-order valence-corrected chi connectivity index (χ0v) is 7.77. The summed E-state index contributed by atoms with van der Waals surface area (Å²) in [6, 6.07) is 9.68. The Morgan fingerprint density at radius 2 is 2.07 bits per heavy atom. The topological polar surface area (TPSA) is 58.6 Å². The molecule has 0 aromatic heterocycles. The van der Waals surface area contributed by atoms with Crippen molar-refractivity contribution >= 4 is 11.7 Å². The van der Waals surface area contributed by atoms with E-state index < -0.39 is 5.97 Å². The molecule has 1 aromatic rings. The van der Waals surface area contributed by atoms with Gasteiger partial charge in [-0.3, -0.25) is 0 Å².